The van der Waals surface area contributed by atoms with E-state index in [4.69, 9.17) is 56.8 Å². The van der Waals surface area contributed by atoms with E-state index < -0.39 is 264 Å². The Bertz CT molecular complexity index is 2670. The molecule has 4 aliphatic carbocycles. The Kier molecular flexibility index (Phi) is 25.5. The maximum Gasteiger partial charge on any atom is 0.187 e. The zero-order valence-corrected chi connectivity index (χ0v) is 57.6. The molecule has 0 aromatic carbocycles. The first-order chi connectivity index (χ1) is 46.9. The van der Waals surface area contributed by atoms with E-state index in [-0.39, 0.29) is 35.5 Å². The van der Waals surface area contributed by atoms with Crippen LogP contribution in [-0.4, -0.2) is 360 Å². The summed E-state index contributed by atoms with van der Waals surface area (Å²) in [4.78, 5) is 0. The lowest BCUT2D eigenvalue weighted by molar-refractivity contribution is -0.380. The van der Waals surface area contributed by atoms with Gasteiger partial charge in [0.1, 0.15) is 146 Å². The first-order valence-corrected chi connectivity index (χ1v) is 35.1. The van der Waals surface area contributed by atoms with Crippen molar-refractivity contribution >= 4 is 0 Å². The van der Waals surface area contributed by atoms with Gasteiger partial charge in [0.25, 0.3) is 0 Å². The molecule has 0 bridgehead atoms. The molecule has 34 nitrogen and oxygen atoms in total. The highest BCUT2D eigenvalue weighted by atomic mass is 16.8. The molecule has 0 aromatic heterocycles. The third kappa shape index (κ3) is 14.8. The fourth-order valence-corrected chi connectivity index (χ4v) is 18.5. The van der Waals surface area contributed by atoms with Crippen LogP contribution in [0.4, 0.5) is 0 Å². The molecule has 0 spiro atoms. The second-order valence-corrected chi connectivity index (χ2v) is 31.5. The van der Waals surface area contributed by atoms with Gasteiger partial charge in [0.05, 0.1) is 63.6 Å². The van der Waals surface area contributed by atoms with E-state index in [1.165, 1.54) is 13.8 Å². The SMILES string of the molecule is C[C@H](CC[C@@H](O[C@@H]1O[C@H](CO[C@@H]2O[C@H](CO)[C@@H](O)[C@H](O)[C@H]2O)[C@@H](O)[C@H](O)[C@H]1O[C@@H]1O[C@H](CO)[C@@H](O)[C@H](O)[C@H]1O)C(C)(C)O)[C@H]1CC[C@@]2(C)[C@@H]3CC=C4[C@@H](CC[C@H](O[C@@H]5O[C@H](CO[C@@H]6O[C@H](CO)[C@@H](O[C@H]7O[C@H](CO)[C@@H](O)[C@H](O)[C@H]7O)[C@H](O)[C@H]6O)[C@@H](O)[C@H](O)[C@H]5O)C4(C)C)[C@]3(C)[C@H](O)C[C@]12C. The summed E-state index contributed by atoms with van der Waals surface area (Å²) >= 11 is 0. The predicted octanol–water partition coefficient (Wildman–Crippen LogP) is -7.58. The van der Waals surface area contributed by atoms with Gasteiger partial charge in [-0.15, -0.1) is 0 Å². The molecule has 0 unspecified atom stereocenters. The number of rotatable bonds is 23. The third-order valence-electron chi connectivity index (χ3n) is 25.0. The van der Waals surface area contributed by atoms with Crippen molar-refractivity contribution in [3.05, 3.63) is 11.6 Å². The first-order valence-electron chi connectivity index (χ1n) is 35.1. The zero-order chi connectivity index (χ0) is 73.5. The van der Waals surface area contributed by atoms with Crippen molar-refractivity contribution in [1.29, 1.82) is 0 Å². The molecule has 40 atom stereocenters. The van der Waals surface area contributed by atoms with Gasteiger partial charge < -0.3 is 169 Å². The molecular formula is C66H112O34. The maximum absolute atomic E-state index is 12.9. The van der Waals surface area contributed by atoms with Crippen molar-refractivity contribution < 1.29 is 169 Å². The van der Waals surface area contributed by atoms with Crippen LogP contribution in [-0.2, 0) is 56.8 Å². The van der Waals surface area contributed by atoms with E-state index in [0.29, 0.717) is 32.1 Å². The van der Waals surface area contributed by atoms with Gasteiger partial charge >= 0.3 is 0 Å². The fourth-order valence-electron chi connectivity index (χ4n) is 18.5. The van der Waals surface area contributed by atoms with Crippen molar-refractivity contribution in [3.63, 3.8) is 0 Å². The lowest BCUT2D eigenvalue weighted by atomic mass is 9.38. The van der Waals surface area contributed by atoms with Crippen molar-refractivity contribution in [2.75, 3.05) is 39.6 Å². The summed E-state index contributed by atoms with van der Waals surface area (Å²) in [5, 5.41) is 239. The standard InChI is InChI=1S/C66H112O34/c1-24(9-13-37(63(4,5)88)98-61-55(100-60-52(86)45(79)40(74)30(20-69)93-60)47(81)42(76)33(96-61)23-89-56-49(83)43(77)38(72)28(18-67)91-56)25-15-16-64(6)34-12-10-26-27(66(34,8)35(71)17-65(25,64)7)11-14-36(62(26,2)3)97-58-50(84)46(80)41(75)32(95-58)22-90-57-53(87)48(82)54(31(21-70)94-57)99-59-51(85)44(78)39(73)29(19-68)92-59/h10,24-25,27-61,67-88H,9,11-23H2,1-8H3/t24-,25-,27-,28-,29-,30-,31-,32-,33-,34+,35-,36+,37-,38-,39-,40-,41-,42-,43+,44+,45+,46+,47+,48-,49-,50-,51-,52-,53-,54-,55-,56-,57-,58+,59-,60+,61+,64+,65-,66+/m1/s1. The Morgan fingerprint density at radius 2 is 0.870 bits per heavy atom. The van der Waals surface area contributed by atoms with Crippen LogP contribution >= 0.6 is 0 Å². The van der Waals surface area contributed by atoms with Crippen LogP contribution in [0.3, 0.4) is 0 Å². The highest BCUT2D eigenvalue weighted by Gasteiger charge is 2.71. The Morgan fingerprint density at radius 1 is 0.460 bits per heavy atom. The molecule has 10 rings (SSSR count). The van der Waals surface area contributed by atoms with Crippen LogP contribution in [0.25, 0.3) is 0 Å². The summed E-state index contributed by atoms with van der Waals surface area (Å²) in [5.74, 6) is -0.162. The molecule has 6 heterocycles. The molecule has 9 fully saturated rings. The number of hydrogen-bond donors (Lipinski definition) is 22. The lowest BCUT2D eigenvalue weighted by Gasteiger charge is -2.67. The minimum Gasteiger partial charge on any atom is -0.394 e. The normalized spacial score (nSPS) is 52.1. The second kappa shape index (κ2) is 31.5. The molecule has 22 N–H and O–H groups in total. The Morgan fingerprint density at radius 3 is 1.37 bits per heavy atom. The van der Waals surface area contributed by atoms with Crippen LogP contribution in [0.2, 0.25) is 0 Å². The number of allylic oxidation sites excluding steroid dienone is 1. The van der Waals surface area contributed by atoms with E-state index in [1.807, 2.05) is 13.8 Å². The second-order valence-electron chi connectivity index (χ2n) is 31.5. The van der Waals surface area contributed by atoms with E-state index >= 15 is 0 Å². The topological polar surface area (TPSA) is 556 Å². The maximum atomic E-state index is 12.9. The van der Waals surface area contributed by atoms with E-state index in [1.54, 1.807) is 0 Å². The summed E-state index contributed by atoms with van der Waals surface area (Å²) in [5.41, 5.74) is -2.73. The van der Waals surface area contributed by atoms with Crippen molar-refractivity contribution in [3.8, 4) is 0 Å². The van der Waals surface area contributed by atoms with Crippen molar-refractivity contribution in [1.82, 2.24) is 0 Å². The first kappa shape index (κ1) is 80.9. The average molecular weight is 1450 g/mol. The van der Waals surface area contributed by atoms with Gasteiger partial charge in [-0.2, -0.15) is 0 Å². The van der Waals surface area contributed by atoms with Crippen LogP contribution in [0.15, 0.2) is 11.6 Å². The van der Waals surface area contributed by atoms with Crippen molar-refractivity contribution in [2.45, 2.75) is 315 Å². The lowest BCUT2D eigenvalue weighted by Crippen LogP contribution is -2.65. The molecule has 0 amide bonds. The molecule has 580 valence electrons. The largest absolute Gasteiger partial charge is 0.394 e. The number of hydrogen-bond acceptors (Lipinski definition) is 34. The van der Waals surface area contributed by atoms with Crippen LogP contribution in [0.5, 0.6) is 0 Å². The zero-order valence-electron chi connectivity index (χ0n) is 57.6. The van der Waals surface area contributed by atoms with E-state index in [2.05, 4.69) is 33.8 Å². The molecule has 0 aromatic rings. The van der Waals surface area contributed by atoms with Gasteiger partial charge in [-0.25, -0.2) is 0 Å². The van der Waals surface area contributed by atoms with Crippen molar-refractivity contribution in [2.24, 2.45) is 45.3 Å². The van der Waals surface area contributed by atoms with Gasteiger partial charge in [-0.05, 0) is 99.7 Å². The number of ether oxygens (including phenoxy) is 12. The highest BCUT2D eigenvalue weighted by molar-refractivity contribution is 5.32. The Labute approximate surface area is 579 Å². The molecule has 34 heteroatoms. The molecule has 0 radical (unpaired) electrons. The predicted molar refractivity (Wildman–Crippen MR) is 333 cm³/mol. The number of aliphatic hydroxyl groups excluding tert-OH is 21. The molecule has 3 saturated carbocycles. The summed E-state index contributed by atoms with van der Waals surface area (Å²) in [6.07, 6.45) is -47.8. The van der Waals surface area contributed by atoms with Gasteiger partial charge in [-0.1, -0.05) is 53.2 Å². The highest BCUT2D eigenvalue weighted by Crippen LogP contribution is 2.75. The van der Waals surface area contributed by atoms with E-state index in [0.717, 1.165) is 18.4 Å². The number of aliphatic hydroxyl groups is 22. The van der Waals surface area contributed by atoms with E-state index in [9.17, 15) is 112 Å². The minimum absolute atomic E-state index is 0.00824. The molecule has 6 aliphatic heterocycles. The monoisotopic (exact) mass is 1450 g/mol. The van der Waals surface area contributed by atoms with Crippen LogP contribution < -0.4 is 0 Å². The molecule has 10 aliphatic rings. The molecule has 6 saturated heterocycles. The van der Waals surface area contributed by atoms with Crippen LogP contribution in [0, 0.1) is 45.3 Å². The van der Waals surface area contributed by atoms with Gasteiger partial charge in [-0.3, -0.25) is 0 Å². The molecular weight excluding hydrogens is 1340 g/mol. The number of fused-ring (bicyclic) bond motifs is 5. The van der Waals surface area contributed by atoms with Gasteiger partial charge in [0, 0.05) is 10.8 Å². The van der Waals surface area contributed by atoms with Gasteiger partial charge in [0.15, 0.2) is 37.7 Å². The summed E-state index contributed by atoms with van der Waals surface area (Å²) in [7, 11) is 0. The quantitative estimate of drug-likeness (QED) is 0.0423. The average Bonchev–Trinajstić information content (AvgIpc) is 1.32. The molecule has 100 heavy (non-hydrogen) atoms. The minimum atomic E-state index is -1.97. The summed E-state index contributed by atoms with van der Waals surface area (Å²) in [6, 6.07) is 0. The fraction of sp³-hybridized carbons (Fsp3) is 0.970. The van der Waals surface area contributed by atoms with Gasteiger partial charge in [0.2, 0.25) is 0 Å². The summed E-state index contributed by atoms with van der Waals surface area (Å²) < 4.78 is 71.0. The Hall–Kier alpha value is -1.62. The Balaban J connectivity index is 0.795. The third-order valence-corrected chi connectivity index (χ3v) is 25.0. The van der Waals surface area contributed by atoms with Crippen LogP contribution in [0.1, 0.15) is 107 Å². The summed E-state index contributed by atoms with van der Waals surface area (Å²) in [6.45, 7) is 11.4. The smallest absolute Gasteiger partial charge is 0.187 e.